The van der Waals surface area contributed by atoms with Gasteiger partial charge in [-0.2, -0.15) is 0 Å². The fourth-order valence-electron chi connectivity index (χ4n) is 2.97. The van der Waals surface area contributed by atoms with Crippen molar-refractivity contribution >= 4 is 0 Å². The molecule has 0 aromatic heterocycles. The van der Waals surface area contributed by atoms with Crippen LogP contribution in [0, 0.1) is 13.8 Å². The lowest BCUT2D eigenvalue weighted by Gasteiger charge is -2.38. The Kier molecular flexibility index (Phi) is 4.97. The summed E-state index contributed by atoms with van der Waals surface area (Å²) in [6, 6.07) is 7.06. The van der Waals surface area contributed by atoms with Crippen LogP contribution in [0.15, 0.2) is 18.2 Å². The fraction of sp³-hybridized carbons (Fsp3) is 0.625. The van der Waals surface area contributed by atoms with Gasteiger partial charge in [0.25, 0.3) is 0 Å². The Balaban J connectivity index is 2.18. The number of hydrogen-bond acceptors (Lipinski definition) is 3. The highest BCUT2D eigenvalue weighted by Gasteiger charge is 2.25. The van der Waals surface area contributed by atoms with Crippen LogP contribution in [0.25, 0.3) is 0 Å². The second-order valence-electron chi connectivity index (χ2n) is 5.57. The van der Waals surface area contributed by atoms with E-state index in [0.717, 1.165) is 26.1 Å². The fourth-order valence-corrected chi connectivity index (χ4v) is 2.97. The van der Waals surface area contributed by atoms with E-state index in [4.69, 9.17) is 10.5 Å². The van der Waals surface area contributed by atoms with Crippen LogP contribution in [-0.4, -0.2) is 37.2 Å². The Hall–Kier alpha value is -0.900. The largest absolute Gasteiger partial charge is 0.376 e. The summed E-state index contributed by atoms with van der Waals surface area (Å²) in [5.74, 6) is 0. The number of morpholine rings is 1. The summed E-state index contributed by atoms with van der Waals surface area (Å²) in [6.45, 7) is 9.94. The smallest absolute Gasteiger partial charge is 0.0700 e. The number of hydrogen-bond donors (Lipinski definition) is 1. The van der Waals surface area contributed by atoms with Crippen LogP contribution in [0.2, 0.25) is 0 Å². The van der Waals surface area contributed by atoms with Crippen LogP contribution >= 0.6 is 0 Å². The number of ether oxygens (including phenoxy) is 1. The molecule has 2 unspecified atom stereocenters. The number of nitrogens with zero attached hydrogens (tertiary/aromatic N) is 1. The zero-order valence-electron chi connectivity index (χ0n) is 12.4. The Morgan fingerprint density at radius 1 is 1.32 bits per heavy atom. The summed E-state index contributed by atoms with van der Waals surface area (Å²) in [4.78, 5) is 2.48. The van der Waals surface area contributed by atoms with Crippen molar-refractivity contribution in [1.29, 1.82) is 0 Å². The molecule has 1 aliphatic rings. The minimum absolute atomic E-state index is 0.316. The minimum atomic E-state index is 0.316. The maximum Gasteiger partial charge on any atom is 0.0700 e. The molecule has 2 rings (SSSR count). The third-order valence-corrected chi connectivity index (χ3v) is 3.92. The van der Waals surface area contributed by atoms with Crippen molar-refractivity contribution in [3.63, 3.8) is 0 Å². The molecule has 3 nitrogen and oxygen atoms in total. The van der Waals surface area contributed by atoms with Crippen LogP contribution in [0.3, 0.4) is 0 Å². The molecule has 1 heterocycles. The molecule has 1 saturated heterocycles. The van der Waals surface area contributed by atoms with E-state index in [1.54, 1.807) is 0 Å². The molecule has 1 aromatic carbocycles. The molecule has 1 aromatic rings. The molecule has 0 spiro atoms. The Morgan fingerprint density at radius 2 is 2.00 bits per heavy atom. The average molecular weight is 262 g/mol. The summed E-state index contributed by atoms with van der Waals surface area (Å²) < 4.78 is 5.75. The van der Waals surface area contributed by atoms with Crippen molar-refractivity contribution in [2.45, 2.75) is 39.3 Å². The topological polar surface area (TPSA) is 38.5 Å². The van der Waals surface area contributed by atoms with E-state index >= 15 is 0 Å². The lowest BCUT2D eigenvalue weighted by Crippen LogP contribution is -2.46. The molecule has 0 aliphatic carbocycles. The number of aryl methyl sites for hydroxylation is 2. The number of benzene rings is 1. The van der Waals surface area contributed by atoms with Crippen LogP contribution < -0.4 is 5.73 Å². The molecule has 2 N–H and O–H groups in total. The standard InChI is InChI=1S/C16H26N2O/c1-4-15-11-18(5-6-19-15)16(10-17)14-8-12(2)7-13(3)9-14/h7-9,15-16H,4-6,10-11,17H2,1-3H3. The molecule has 0 amide bonds. The third-order valence-electron chi connectivity index (χ3n) is 3.92. The SMILES string of the molecule is CCC1CN(C(CN)c2cc(C)cc(C)c2)CCO1. The predicted molar refractivity (Wildman–Crippen MR) is 79.3 cm³/mol. The van der Waals surface area contributed by atoms with Gasteiger partial charge in [0.05, 0.1) is 12.7 Å². The molecule has 1 fully saturated rings. The summed E-state index contributed by atoms with van der Waals surface area (Å²) in [7, 11) is 0. The lowest BCUT2D eigenvalue weighted by molar-refractivity contribution is -0.0437. The van der Waals surface area contributed by atoms with E-state index in [0.29, 0.717) is 18.7 Å². The molecule has 3 heteroatoms. The van der Waals surface area contributed by atoms with Crippen molar-refractivity contribution in [2.24, 2.45) is 5.73 Å². The Bertz CT molecular complexity index is 399. The van der Waals surface area contributed by atoms with Crippen LogP contribution in [0.4, 0.5) is 0 Å². The first-order chi connectivity index (χ1) is 9.13. The number of rotatable bonds is 4. The summed E-state index contributed by atoms with van der Waals surface area (Å²) in [6.07, 6.45) is 1.43. The quantitative estimate of drug-likeness (QED) is 0.905. The van der Waals surface area contributed by atoms with Crippen LogP contribution in [-0.2, 0) is 4.74 Å². The van der Waals surface area contributed by atoms with E-state index in [1.165, 1.54) is 16.7 Å². The maximum atomic E-state index is 6.04. The Morgan fingerprint density at radius 3 is 2.58 bits per heavy atom. The van der Waals surface area contributed by atoms with E-state index in [9.17, 15) is 0 Å². The normalized spacial score (nSPS) is 22.4. The maximum absolute atomic E-state index is 6.04. The first-order valence-electron chi connectivity index (χ1n) is 7.28. The number of nitrogens with two attached hydrogens (primary N) is 1. The molecule has 0 saturated carbocycles. The van der Waals surface area contributed by atoms with Gasteiger partial charge in [0.1, 0.15) is 0 Å². The molecule has 106 valence electrons. The van der Waals surface area contributed by atoms with Crippen molar-refractivity contribution in [3.05, 3.63) is 34.9 Å². The predicted octanol–water partition coefficient (Wildman–Crippen LogP) is 2.41. The van der Waals surface area contributed by atoms with Gasteiger partial charge in [-0.05, 0) is 25.8 Å². The van der Waals surface area contributed by atoms with Gasteiger partial charge < -0.3 is 10.5 Å². The van der Waals surface area contributed by atoms with E-state index in [1.807, 2.05) is 0 Å². The zero-order valence-corrected chi connectivity index (χ0v) is 12.4. The zero-order chi connectivity index (χ0) is 13.8. The molecular weight excluding hydrogens is 236 g/mol. The molecule has 1 aliphatic heterocycles. The molecule has 0 radical (unpaired) electrons. The lowest BCUT2D eigenvalue weighted by atomic mass is 9.99. The minimum Gasteiger partial charge on any atom is -0.376 e. The summed E-state index contributed by atoms with van der Waals surface area (Å²) >= 11 is 0. The summed E-state index contributed by atoms with van der Waals surface area (Å²) in [5, 5.41) is 0. The van der Waals surface area contributed by atoms with Gasteiger partial charge in [0.2, 0.25) is 0 Å². The van der Waals surface area contributed by atoms with Gasteiger partial charge in [-0.1, -0.05) is 36.2 Å². The highest BCUT2D eigenvalue weighted by molar-refractivity contribution is 5.31. The van der Waals surface area contributed by atoms with Crippen molar-refractivity contribution < 1.29 is 4.74 Å². The molecule has 19 heavy (non-hydrogen) atoms. The van der Waals surface area contributed by atoms with Gasteiger partial charge >= 0.3 is 0 Å². The van der Waals surface area contributed by atoms with Gasteiger partial charge in [0, 0.05) is 25.7 Å². The van der Waals surface area contributed by atoms with E-state index < -0.39 is 0 Å². The second-order valence-corrected chi connectivity index (χ2v) is 5.57. The van der Waals surface area contributed by atoms with Crippen LogP contribution in [0.1, 0.15) is 36.1 Å². The molecular formula is C16H26N2O. The second kappa shape index (κ2) is 6.51. The molecule has 0 bridgehead atoms. The first kappa shape index (κ1) is 14.5. The van der Waals surface area contributed by atoms with Gasteiger partial charge in [-0.3, -0.25) is 4.90 Å². The van der Waals surface area contributed by atoms with Crippen LogP contribution in [0.5, 0.6) is 0 Å². The summed E-state index contributed by atoms with van der Waals surface area (Å²) in [5.41, 5.74) is 10.0. The van der Waals surface area contributed by atoms with Gasteiger partial charge in [-0.15, -0.1) is 0 Å². The van der Waals surface area contributed by atoms with Crippen molar-refractivity contribution in [2.75, 3.05) is 26.2 Å². The van der Waals surface area contributed by atoms with E-state index in [-0.39, 0.29) is 0 Å². The Labute approximate surface area is 116 Å². The highest BCUT2D eigenvalue weighted by Crippen LogP contribution is 2.24. The molecule has 2 atom stereocenters. The monoisotopic (exact) mass is 262 g/mol. The third kappa shape index (κ3) is 3.56. The van der Waals surface area contributed by atoms with E-state index in [2.05, 4.69) is 43.9 Å². The van der Waals surface area contributed by atoms with Gasteiger partial charge in [-0.25, -0.2) is 0 Å². The van der Waals surface area contributed by atoms with Gasteiger partial charge in [0.15, 0.2) is 0 Å². The van der Waals surface area contributed by atoms with Crippen molar-refractivity contribution in [3.8, 4) is 0 Å². The van der Waals surface area contributed by atoms with Crippen molar-refractivity contribution in [1.82, 2.24) is 4.90 Å². The first-order valence-corrected chi connectivity index (χ1v) is 7.28. The average Bonchev–Trinajstić information content (AvgIpc) is 2.39. The highest BCUT2D eigenvalue weighted by atomic mass is 16.5.